The number of hydrogen-bond donors (Lipinski definition) is 0. The summed E-state index contributed by atoms with van der Waals surface area (Å²) >= 11 is 0. The first-order chi connectivity index (χ1) is 9.17. The average Bonchev–Trinajstić information content (AvgIpc) is 2.67. The predicted molar refractivity (Wildman–Crippen MR) is 78.6 cm³/mol. The Hall–Kier alpha value is -1.49. The molecule has 0 unspecified atom stereocenters. The van der Waals surface area contributed by atoms with Crippen LogP contribution in [0, 0.1) is 6.92 Å². The molecule has 0 aliphatic carbocycles. The highest BCUT2D eigenvalue weighted by Gasteiger charge is 2.23. The van der Waals surface area contributed by atoms with Crippen molar-refractivity contribution in [3.05, 3.63) is 23.7 Å². The van der Waals surface area contributed by atoms with E-state index in [4.69, 9.17) is 9.15 Å². The van der Waals surface area contributed by atoms with Crippen molar-refractivity contribution in [2.24, 2.45) is 0 Å². The van der Waals surface area contributed by atoms with Gasteiger partial charge in [-0.15, -0.1) is 0 Å². The summed E-state index contributed by atoms with van der Waals surface area (Å²) in [5, 5.41) is 0. The smallest absolute Gasteiger partial charge is 0.410 e. The summed E-state index contributed by atoms with van der Waals surface area (Å²) in [6.45, 7) is 9.29. The van der Waals surface area contributed by atoms with Gasteiger partial charge in [-0.3, -0.25) is 4.90 Å². The lowest BCUT2D eigenvalue weighted by Crippen LogP contribution is -2.39. The van der Waals surface area contributed by atoms with Crippen molar-refractivity contribution >= 4 is 6.09 Å². The Morgan fingerprint density at radius 1 is 1.25 bits per heavy atom. The number of ether oxygens (including phenoxy) is 1. The van der Waals surface area contributed by atoms with Crippen LogP contribution < -0.4 is 0 Å². The molecule has 0 aliphatic heterocycles. The van der Waals surface area contributed by atoms with Crippen LogP contribution in [0.25, 0.3) is 0 Å². The van der Waals surface area contributed by atoms with Gasteiger partial charge in [-0.05, 0) is 53.9 Å². The summed E-state index contributed by atoms with van der Waals surface area (Å²) in [5.41, 5.74) is -0.494. The molecule has 0 aromatic carbocycles. The molecule has 0 aliphatic rings. The first kappa shape index (κ1) is 16.6. The highest BCUT2D eigenvalue weighted by Crippen LogP contribution is 2.14. The van der Waals surface area contributed by atoms with Crippen molar-refractivity contribution in [1.82, 2.24) is 9.80 Å². The molecule has 1 rings (SSSR count). The van der Waals surface area contributed by atoms with E-state index in [0.29, 0.717) is 13.1 Å². The van der Waals surface area contributed by atoms with Gasteiger partial charge in [-0.25, -0.2) is 4.79 Å². The molecular formula is C15H26N2O3. The highest BCUT2D eigenvalue weighted by atomic mass is 16.6. The zero-order chi connectivity index (χ0) is 15.3. The van der Waals surface area contributed by atoms with Gasteiger partial charge in [0.2, 0.25) is 0 Å². The van der Waals surface area contributed by atoms with Gasteiger partial charge in [0.15, 0.2) is 0 Å². The third kappa shape index (κ3) is 6.10. The van der Waals surface area contributed by atoms with E-state index in [-0.39, 0.29) is 6.09 Å². The van der Waals surface area contributed by atoms with Crippen molar-refractivity contribution in [3.63, 3.8) is 0 Å². The number of aryl methyl sites for hydroxylation is 1. The number of furan rings is 1. The van der Waals surface area contributed by atoms with E-state index in [0.717, 1.165) is 18.1 Å². The van der Waals surface area contributed by atoms with Gasteiger partial charge in [-0.1, -0.05) is 0 Å². The zero-order valence-corrected chi connectivity index (χ0v) is 13.4. The molecule has 0 saturated heterocycles. The van der Waals surface area contributed by atoms with Crippen molar-refractivity contribution in [2.45, 2.75) is 39.8 Å². The van der Waals surface area contributed by atoms with Crippen LogP contribution in [0.5, 0.6) is 0 Å². The Labute approximate surface area is 121 Å². The summed E-state index contributed by atoms with van der Waals surface area (Å²) in [5.74, 6) is 1.61. The molecule has 0 fully saturated rings. The molecule has 1 aromatic heterocycles. The number of carbonyl (C=O) groups is 1. The van der Waals surface area contributed by atoms with Gasteiger partial charge in [0.1, 0.15) is 17.1 Å². The Balaban J connectivity index is 2.71. The van der Waals surface area contributed by atoms with Crippen molar-refractivity contribution in [1.29, 1.82) is 0 Å². The van der Waals surface area contributed by atoms with Crippen LogP contribution in [0.3, 0.4) is 0 Å². The predicted octanol–water partition coefficient (Wildman–Crippen LogP) is 2.89. The maximum absolute atomic E-state index is 12.2. The summed E-state index contributed by atoms with van der Waals surface area (Å²) in [6.07, 6.45) is -0.312. The summed E-state index contributed by atoms with van der Waals surface area (Å²) in [4.78, 5) is 15.9. The van der Waals surface area contributed by atoms with Gasteiger partial charge in [0.05, 0.1) is 6.54 Å². The minimum Gasteiger partial charge on any atom is -0.464 e. The molecule has 1 aromatic rings. The second kappa shape index (κ2) is 6.79. The van der Waals surface area contributed by atoms with Gasteiger partial charge < -0.3 is 14.1 Å². The molecule has 0 atom stereocenters. The van der Waals surface area contributed by atoms with E-state index in [9.17, 15) is 4.79 Å². The van der Waals surface area contributed by atoms with Crippen LogP contribution in [-0.2, 0) is 11.3 Å². The molecule has 20 heavy (non-hydrogen) atoms. The zero-order valence-electron chi connectivity index (χ0n) is 13.4. The Bertz CT molecular complexity index is 433. The monoisotopic (exact) mass is 282 g/mol. The minimum absolute atomic E-state index is 0.312. The normalized spacial score (nSPS) is 11.8. The standard InChI is InChI=1S/C15H26N2O3/c1-12-7-8-13(19-12)11-17(10-9-16(5)6)14(18)20-15(2,3)4/h7-8H,9-11H2,1-6H3. The number of likely N-dealkylation sites (N-methyl/N-ethyl adjacent to an activating group) is 1. The van der Waals surface area contributed by atoms with E-state index >= 15 is 0 Å². The first-order valence-electron chi connectivity index (χ1n) is 6.85. The van der Waals surface area contributed by atoms with E-state index < -0.39 is 5.60 Å². The lowest BCUT2D eigenvalue weighted by atomic mass is 10.2. The molecule has 0 bridgehead atoms. The molecule has 5 heteroatoms. The molecular weight excluding hydrogens is 256 g/mol. The van der Waals surface area contributed by atoms with Gasteiger partial charge >= 0.3 is 6.09 Å². The third-order valence-electron chi connectivity index (χ3n) is 2.61. The Morgan fingerprint density at radius 2 is 1.90 bits per heavy atom. The minimum atomic E-state index is -0.494. The lowest BCUT2D eigenvalue weighted by molar-refractivity contribution is 0.0210. The Kier molecular flexibility index (Phi) is 5.62. The number of carbonyl (C=O) groups excluding carboxylic acids is 1. The number of hydrogen-bond acceptors (Lipinski definition) is 4. The van der Waals surface area contributed by atoms with Gasteiger partial charge in [0, 0.05) is 13.1 Å². The fraction of sp³-hybridized carbons (Fsp3) is 0.667. The van der Waals surface area contributed by atoms with Crippen molar-refractivity contribution in [3.8, 4) is 0 Å². The van der Waals surface area contributed by atoms with Crippen LogP contribution in [0.4, 0.5) is 4.79 Å². The third-order valence-corrected chi connectivity index (χ3v) is 2.61. The quantitative estimate of drug-likeness (QED) is 0.833. The molecule has 114 valence electrons. The first-order valence-corrected chi connectivity index (χ1v) is 6.85. The van der Waals surface area contributed by atoms with E-state index in [1.807, 2.05) is 58.8 Å². The fourth-order valence-electron chi connectivity index (χ4n) is 1.64. The number of amides is 1. The molecule has 0 N–H and O–H groups in total. The van der Waals surface area contributed by atoms with Crippen molar-refractivity contribution < 1.29 is 13.9 Å². The van der Waals surface area contributed by atoms with E-state index in [2.05, 4.69) is 0 Å². The largest absolute Gasteiger partial charge is 0.464 e. The maximum atomic E-state index is 12.2. The van der Waals surface area contributed by atoms with Gasteiger partial charge in [0.25, 0.3) is 0 Å². The average molecular weight is 282 g/mol. The van der Waals surface area contributed by atoms with Crippen molar-refractivity contribution in [2.75, 3.05) is 27.2 Å². The maximum Gasteiger partial charge on any atom is 0.410 e. The number of nitrogens with zero attached hydrogens (tertiary/aromatic N) is 2. The van der Waals surface area contributed by atoms with E-state index in [1.54, 1.807) is 4.90 Å². The molecule has 0 spiro atoms. The second-order valence-electron chi connectivity index (χ2n) is 6.22. The molecule has 1 amide bonds. The van der Waals surface area contributed by atoms with Crippen LogP contribution in [-0.4, -0.2) is 48.7 Å². The van der Waals surface area contributed by atoms with Crippen LogP contribution >= 0.6 is 0 Å². The SMILES string of the molecule is Cc1ccc(CN(CCN(C)C)C(=O)OC(C)(C)C)o1. The number of rotatable bonds is 5. The lowest BCUT2D eigenvalue weighted by Gasteiger charge is -2.27. The Morgan fingerprint density at radius 3 is 2.35 bits per heavy atom. The van der Waals surface area contributed by atoms with E-state index in [1.165, 1.54) is 0 Å². The fourth-order valence-corrected chi connectivity index (χ4v) is 1.64. The molecule has 1 heterocycles. The molecule has 0 radical (unpaired) electrons. The topological polar surface area (TPSA) is 45.9 Å². The second-order valence-corrected chi connectivity index (χ2v) is 6.22. The summed E-state index contributed by atoms with van der Waals surface area (Å²) < 4.78 is 11.0. The van der Waals surface area contributed by atoms with Gasteiger partial charge in [-0.2, -0.15) is 0 Å². The summed E-state index contributed by atoms with van der Waals surface area (Å²) in [6, 6.07) is 3.79. The molecule has 5 nitrogen and oxygen atoms in total. The highest BCUT2D eigenvalue weighted by molar-refractivity contribution is 5.68. The molecule has 0 saturated carbocycles. The van der Waals surface area contributed by atoms with Crippen LogP contribution in [0.1, 0.15) is 32.3 Å². The summed E-state index contributed by atoms with van der Waals surface area (Å²) in [7, 11) is 3.95. The van der Waals surface area contributed by atoms with Crippen LogP contribution in [0.15, 0.2) is 16.5 Å². The van der Waals surface area contributed by atoms with Crippen LogP contribution in [0.2, 0.25) is 0 Å².